The lowest BCUT2D eigenvalue weighted by Gasteiger charge is -2.23. The van der Waals surface area contributed by atoms with Crippen LogP contribution >= 0.6 is 23.4 Å². The topological polar surface area (TPSA) is 66.5 Å². The Kier molecular flexibility index (Phi) is 8.46. The van der Waals surface area contributed by atoms with E-state index in [9.17, 15) is 13.2 Å². The van der Waals surface area contributed by atoms with Gasteiger partial charge in [-0.25, -0.2) is 8.42 Å². The van der Waals surface area contributed by atoms with Gasteiger partial charge in [-0.1, -0.05) is 29.8 Å². The smallest absolute Gasteiger partial charge is 0.251 e. The van der Waals surface area contributed by atoms with E-state index in [1.807, 2.05) is 56.3 Å². The molecular formula is C25H27ClN2O3S2. The highest BCUT2D eigenvalue weighted by Crippen LogP contribution is 2.24. The van der Waals surface area contributed by atoms with Gasteiger partial charge in [0.1, 0.15) is 0 Å². The number of nitrogens with zero attached hydrogens (tertiary/aromatic N) is 1. The largest absolute Gasteiger partial charge is 0.351 e. The number of carbonyl (C=O) groups is 1. The fourth-order valence-corrected chi connectivity index (χ4v) is 4.95. The molecule has 0 fully saturated rings. The van der Waals surface area contributed by atoms with Gasteiger partial charge in [0.05, 0.1) is 18.5 Å². The van der Waals surface area contributed by atoms with Gasteiger partial charge in [-0.3, -0.25) is 9.10 Å². The third-order valence-electron chi connectivity index (χ3n) is 5.19. The molecule has 0 aliphatic carbocycles. The summed E-state index contributed by atoms with van der Waals surface area (Å²) in [7, 11) is -3.47. The summed E-state index contributed by atoms with van der Waals surface area (Å²) in [5, 5.41) is 3.61. The number of nitrogens with one attached hydrogen (secondary N) is 1. The van der Waals surface area contributed by atoms with Crippen LogP contribution in [-0.2, 0) is 16.6 Å². The quantitative estimate of drug-likeness (QED) is 0.312. The van der Waals surface area contributed by atoms with E-state index in [0.717, 1.165) is 27.3 Å². The third kappa shape index (κ3) is 7.25. The van der Waals surface area contributed by atoms with Crippen LogP contribution in [0.3, 0.4) is 0 Å². The maximum atomic E-state index is 12.4. The molecule has 0 spiro atoms. The summed E-state index contributed by atoms with van der Waals surface area (Å²) in [6.45, 7) is 4.67. The molecule has 8 heteroatoms. The minimum absolute atomic E-state index is 0.160. The van der Waals surface area contributed by atoms with Gasteiger partial charge in [0, 0.05) is 27.8 Å². The Bertz CT molecular complexity index is 1210. The first-order chi connectivity index (χ1) is 15.6. The van der Waals surface area contributed by atoms with Crippen molar-refractivity contribution in [3.05, 3.63) is 94.0 Å². The standard InChI is InChI=1S/C25H27ClN2O3S2/c1-18-4-11-23(16-19(18)2)28(33(3,30)31)17-20-5-7-21(8-6-20)25(29)27-14-15-32-24-12-9-22(26)10-13-24/h4-13,16H,14-15,17H2,1-3H3,(H,27,29). The predicted octanol–water partition coefficient (Wildman–Crippen LogP) is 5.45. The van der Waals surface area contributed by atoms with Crippen LogP contribution in [0.15, 0.2) is 71.6 Å². The Hall–Kier alpha value is -2.48. The van der Waals surface area contributed by atoms with Crippen molar-refractivity contribution < 1.29 is 13.2 Å². The molecule has 0 radical (unpaired) electrons. The van der Waals surface area contributed by atoms with Gasteiger partial charge in [-0.15, -0.1) is 11.8 Å². The molecule has 5 nitrogen and oxygen atoms in total. The van der Waals surface area contributed by atoms with Crippen molar-refractivity contribution in [1.82, 2.24) is 5.32 Å². The summed E-state index contributed by atoms with van der Waals surface area (Å²) >= 11 is 7.53. The van der Waals surface area contributed by atoms with E-state index in [2.05, 4.69) is 5.32 Å². The summed E-state index contributed by atoms with van der Waals surface area (Å²) < 4.78 is 26.2. The molecule has 0 aromatic heterocycles. The van der Waals surface area contributed by atoms with Crippen LogP contribution in [0.4, 0.5) is 5.69 Å². The van der Waals surface area contributed by atoms with E-state index in [0.29, 0.717) is 22.8 Å². The Morgan fingerprint density at radius 1 is 0.970 bits per heavy atom. The summed E-state index contributed by atoms with van der Waals surface area (Å²) in [4.78, 5) is 13.5. The van der Waals surface area contributed by atoms with Crippen molar-refractivity contribution in [1.29, 1.82) is 0 Å². The second-order valence-corrected chi connectivity index (χ2v) is 11.3. The maximum Gasteiger partial charge on any atom is 0.251 e. The van der Waals surface area contributed by atoms with Crippen molar-refractivity contribution in [3.63, 3.8) is 0 Å². The summed E-state index contributed by atoms with van der Waals surface area (Å²) in [5.74, 6) is 0.581. The number of halogens is 1. The maximum absolute atomic E-state index is 12.4. The number of aryl methyl sites for hydroxylation is 2. The molecule has 1 N–H and O–H groups in total. The summed E-state index contributed by atoms with van der Waals surface area (Å²) in [6.07, 6.45) is 1.20. The zero-order valence-corrected chi connectivity index (χ0v) is 21.2. The lowest BCUT2D eigenvalue weighted by atomic mass is 10.1. The number of sulfonamides is 1. The molecule has 3 rings (SSSR count). The highest BCUT2D eigenvalue weighted by molar-refractivity contribution is 7.99. The highest BCUT2D eigenvalue weighted by atomic mass is 35.5. The molecule has 33 heavy (non-hydrogen) atoms. The number of rotatable bonds is 9. The second kappa shape index (κ2) is 11.1. The molecule has 0 saturated heterocycles. The average Bonchev–Trinajstić information content (AvgIpc) is 2.78. The first kappa shape index (κ1) is 25.1. The average molecular weight is 503 g/mol. The number of anilines is 1. The summed E-state index contributed by atoms with van der Waals surface area (Å²) in [5.41, 5.74) is 4.10. The van der Waals surface area contributed by atoms with Gasteiger partial charge in [0.25, 0.3) is 5.91 Å². The second-order valence-electron chi connectivity index (χ2n) is 7.79. The molecule has 0 unspecified atom stereocenters. The first-order valence-corrected chi connectivity index (χ1v) is 13.6. The normalized spacial score (nSPS) is 11.3. The SMILES string of the molecule is Cc1ccc(N(Cc2ccc(C(=O)NCCSc3ccc(Cl)cc3)cc2)S(C)(=O)=O)cc1C. The van der Waals surface area contributed by atoms with Crippen molar-refractivity contribution in [2.24, 2.45) is 0 Å². The fourth-order valence-electron chi connectivity index (χ4n) is 3.17. The van der Waals surface area contributed by atoms with Crippen molar-refractivity contribution in [2.45, 2.75) is 25.3 Å². The van der Waals surface area contributed by atoms with E-state index in [-0.39, 0.29) is 12.5 Å². The lowest BCUT2D eigenvalue weighted by Crippen LogP contribution is -2.29. The lowest BCUT2D eigenvalue weighted by molar-refractivity contribution is 0.0956. The molecule has 0 heterocycles. The zero-order valence-electron chi connectivity index (χ0n) is 18.8. The molecule has 0 aliphatic rings. The van der Waals surface area contributed by atoms with Crippen molar-refractivity contribution in [2.75, 3.05) is 22.9 Å². The zero-order chi connectivity index (χ0) is 24.0. The van der Waals surface area contributed by atoms with Crippen LogP contribution in [-0.4, -0.2) is 32.9 Å². The van der Waals surface area contributed by atoms with Crippen LogP contribution in [0.5, 0.6) is 0 Å². The number of hydrogen-bond acceptors (Lipinski definition) is 4. The Morgan fingerprint density at radius 3 is 2.24 bits per heavy atom. The monoisotopic (exact) mass is 502 g/mol. The van der Waals surface area contributed by atoms with Gasteiger partial charge in [-0.05, 0) is 79.1 Å². The molecule has 3 aromatic rings. The minimum Gasteiger partial charge on any atom is -0.351 e. The molecule has 0 aliphatic heterocycles. The fraction of sp³-hybridized carbons (Fsp3) is 0.240. The molecular weight excluding hydrogens is 476 g/mol. The van der Waals surface area contributed by atoms with Crippen molar-refractivity contribution >= 4 is 45.0 Å². The number of amides is 1. The Balaban J connectivity index is 1.59. The van der Waals surface area contributed by atoms with E-state index in [1.54, 1.807) is 36.0 Å². The molecule has 174 valence electrons. The highest BCUT2D eigenvalue weighted by Gasteiger charge is 2.18. The van der Waals surface area contributed by atoms with Crippen LogP contribution < -0.4 is 9.62 Å². The molecule has 0 bridgehead atoms. The third-order valence-corrected chi connectivity index (χ3v) is 7.60. The van der Waals surface area contributed by atoms with E-state index in [4.69, 9.17) is 11.6 Å². The number of hydrogen-bond donors (Lipinski definition) is 1. The van der Waals surface area contributed by atoms with Crippen LogP contribution in [0.1, 0.15) is 27.0 Å². The number of benzene rings is 3. The molecule has 1 amide bonds. The van der Waals surface area contributed by atoms with Crippen LogP contribution in [0.25, 0.3) is 0 Å². The first-order valence-electron chi connectivity index (χ1n) is 10.4. The van der Waals surface area contributed by atoms with Gasteiger partial charge in [-0.2, -0.15) is 0 Å². The van der Waals surface area contributed by atoms with Crippen molar-refractivity contribution in [3.8, 4) is 0 Å². The van der Waals surface area contributed by atoms with E-state index in [1.165, 1.54) is 10.6 Å². The van der Waals surface area contributed by atoms with E-state index >= 15 is 0 Å². The van der Waals surface area contributed by atoms with Gasteiger partial charge >= 0.3 is 0 Å². The van der Waals surface area contributed by atoms with E-state index < -0.39 is 10.0 Å². The van der Waals surface area contributed by atoms with Gasteiger partial charge in [0.2, 0.25) is 10.0 Å². The van der Waals surface area contributed by atoms with Crippen LogP contribution in [0.2, 0.25) is 5.02 Å². The number of thioether (sulfide) groups is 1. The Morgan fingerprint density at radius 2 is 1.64 bits per heavy atom. The van der Waals surface area contributed by atoms with Gasteiger partial charge < -0.3 is 5.32 Å². The Labute approximate surface area is 205 Å². The minimum atomic E-state index is -3.47. The predicted molar refractivity (Wildman–Crippen MR) is 138 cm³/mol. The molecule has 0 atom stereocenters. The summed E-state index contributed by atoms with van der Waals surface area (Å²) in [6, 6.07) is 20.2. The van der Waals surface area contributed by atoms with Gasteiger partial charge in [0.15, 0.2) is 0 Å². The van der Waals surface area contributed by atoms with Crippen LogP contribution in [0, 0.1) is 13.8 Å². The molecule has 3 aromatic carbocycles. The molecule has 0 saturated carbocycles. The number of carbonyl (C=O) groups excluding carboxylic acids is 1.